The molecule has 0 saturated carbocycles. The smallest absolute Gasteiger partial charge is 0.373 e. The van der Waals surface area contributed by atoms with E-state index in [4.69, 9.17) is 8.83 Å². The molecule has 0 amide bonds. The molecule has 18 heavy (non-hydrogen) atoms. The molecule has 2 heterocycles. The van der Waals surface area contributed by atoms with E-state index in [2.05, 4.69) is 9.72 Å². The predicted octanol–water partition coefficient (Wildman–Crippen LogP) is 2.96. The van der Waals surface area contributed by atoms with E-state index in [-0.39, 0.29) is 5.76 Å². The summed E-state index contributed by atoms with van der Waals surface area (Å²) >= 11 is 1.42. The highest BCUT2D eigenvalue weighted by Crippen LogP contribution is 2.25. The normalized spacial score (nSPS) is 10.6. The van der Waals surface area contributed by atoms with Crippen molar-refractivity contribution in [2.45, 2.75) is 24.8 Å². The minimum absolute atomic E-state index is 0.202. The van der Waals surface area contributed by atoms with E-state index in [0.717, 1.165) is 11.5 Å². The lowest BCUT2D eigenvalue weighted by atomic mass is 10.4. The van der Waals surface area contributed by atoms with Crippen molar-refractivity contribution in [3.63, 3.8) is 0 Å². The number of thioether (sulfide) groups is 1. The van der Waals surface area contributed by atoms with Crippen LogP contribution in [0.5, 0.6) is 0 Å². The van der Waals surface area contributed by atoms with E-state index in [1.165, 1.54) is 18.9 Å². The minimum atomic E-state index is -0.478. The first-order chi connectivity index (χ1) is 8.60. The molecule has 0 unspecified atom stereocenters. The van der Waals surface area contributed by atoms with Crippen LogP contribution in [-0.2, 0) is 10.5 Å². The van der Waals surface area contributed by atoms with Gasteiger partial charge in [0.05, 0.1) is 18.6 Å². The van der Waals surface area contributed by atoms with Crippen LogP contribution in [0.15, 0.2) is 26.2 Å². The monoisotopic (exact) mass is 267 g/mol. The summed E-state index contributed by atoms with van der Waals surface area (Å²) in [5.74, 6) is 1.76. The van der Waals surface area contributed by atoms with Gasteiger partial charge < -0.3 is 13.6 Å². The summed E-state index contributed by atoms with van der Waals surface area (Å²) in [6.45, 7) is 3.76. The average molecular weight is 267 g/mol. The van der Waals surface area contributed by atoms with Crippen LogP contribution >= 0.6 is 11.8 Å². The van der Waals surface area contributed by atoms with Crippen LogP contribution in [0.2, 0.25) is 0 Å². The molecule has 5 nitrogen and oxygen atoms in total. The summed E-state index contributed by atoms with van der Waals surface area (Å²) in [4.78, 5) is 15.4. The van der Waals surface area contributed by atoms with E-state index >= 15 is 0 Å². The van der Waals surface area contributed by atoms with Crippen LogP contribution in [0.1, 0.15) is 27.8 Å². The molecule has 0 bridgehead atoms. The summed E-state index contributed by atoms with van der Waals surface area (Å²) in [6, 6.07) is 3.33. The number of aromatic nitrogens is 1. The van der Waals surface area contributed by atoms with Crippen LogP contribution in [0, 0.1) is 13.8 Å². The highest BCUT2D eigenvalue weighted by atomic mass is 32.2. The van der Waals surface area contributed by atoms with Gasteiger partial charge in [0, 0.05) is 0 Å². The summed E-state index contributed by atoms with van der Waals surface area (Å²) in [7, 11) is 1.32. The summed E-state index contributed by atoms with van der Waals surface area (Å²) < 4.78 is 15.3. The molecule has 0 aliphatic carbocycles. The number of carbonyl (C=O) groups excluding carboxylic acids is 1. The molecule has 2 aromatic heterocycles. The van der Waals surface area contributed by atoms with E-state index in [0.29, 0.717) is 16.7 Å². The molecule has 0 saturated heterocycles. The van der Waals surface area contributed by atoms with Gasteiger partial charge in [-0.3, -0.25) is 0 Å². The quantitative estimate of drug-likeness (QED) is 0.626. The number of nitrogens with zero attached hydrogens (tertiary/aromatic N) is 1. The van der Waals surface area contributed by atoms with E-state index in [1.54, 1.807) is 12.1 Å². The Morgan fingerprint density at radius 2 is 2.17 bits per heavy atom. The molecule has 0 aliphatic heterocycles. The number of oxazole rings is 1. The van der Waals surface area contributed by atoms with Gasteiger partial charge in [0.1, 0.15) is 11.5 Å². The Morgan fingerprint density at radius 3 is 2.78 bits per heavy atom. The Labute approximate surface area is 109 Å². The molecule has 0 aliphatic rings. The second-order valence-corrected chi connectivity index (χ2v) is 4.59. The molecule has 6 heteroatoms. The highest BCUT2D eigenvalue weighted by molar-refractivity contribution is 7.98. The maximum absolute atomic E-state index is 11.2. The lowest BCUT2D eigenvalue weighted by Gasteiger charge is -1.94. The molecule has 2 rings (SSSR count). The molecule has 0 spiro atoms. The fourth-order valence-corrected chi connectivity index (χ4v) is 2.11. The van der Waals surface area contributed by atoms with Gasteiger partial charge in [0.15, 0.2) is 0 Å². The number of furan rings is 1. The van der Waals surface area contributed by atoms with E-state index in [9.17, 15) is 4.79 Å². The fraction of sp³-hybridized carbons (Fsp3) is 0.333. The van der Waals surface area contributed by atoms with Gasteiger partial charge in [0.25, 0.3) is 5.22 Å². The maximum atomic E-state index is 11.2. The first kappa shape index (κ1) is 12.8. The van der Waals surface area contributed by atoms with Gasteiger partial charge in [-0.25, -0.2) is 9.78 Å². The van der Waals surface area contributed by atoms with Gasteiger partial charge in [0.2, 0.25) is 5.76 Å². The number of carbonyl (C=O) groups is 1. The van der Waals surface area contributed by atoms with Crippen molar-refractivity contribution in [3.05, 3.63) is 35.1 Å². The number of hydrogen-bond acceptors (Lipinski definition) is 6. The summed E-state index contributed by atoms with van der Waals surface area (Å²) in [5.41, 5.74) is 0.882. The fourth-order valence-electron chi connectivity index (χ4n) is 1.30. The Bertz CT molecular complexity index is 539. The van der Waals surface area contributed by atoms with Gasteiger partial charge in [-0.1, -0.05) is 11.8 Å². The van der Waals surface area contributed by atoms with Crippen LogP contribution in [0.3, 0.4) is 0 Å². The first-order valence-electron chi connectivity index (χ1n) is 5.34. The van der Waals surface area contributed by atoms with Crippen molar-refractivity contribution in [2.75, 3.05) is 7.11 Å². The largest absolute Gasteiger partial charge is 0.463 e. The Balaban J connectivity index is 1.98. The third-order valence-corrected chi connectivity index (χ3v) is 3.25. The molecule has 0 radical (unpaired) electrons. The maximum Gasteiger partial charge on any atom is 0.373 e. The zero-order chi connectivity index (χ0) is 13.1. The zero-order valence-corrected chi connectivity index (χ0v) is 11.2. The molecule has 0 aromatic carbocycles. The van der Waals surface area contributed by atoms with Crippen molar-refractivity contribution in [2.24, 2.45) is 0 Å². The number of aryl methyl sites for hydroxylation is 2. The van der Waals surface area contributed by atoms with Crippen molar-refractivity contribution in [1.29, 1.82) is 0 Å². The molecule has 2 aromatic rings. The first-order valence-corrected chi connectivity index (χ1v) is 6.32. The molecule has 0 N–H and O–H groups in total. The Morgan fingerprint density at radius 1 is 1.39 bits per heavy atom. The molecule has 0 atom stereocenters. The molecule has 0 fully saturated rings. The van der Waals surface area contributed by atoms with Gasteiger partial charge in [-0.15, -0.1) is 0 Å². The average Bonchev–Trinajstić information content (AvgIpc) is 2.94. The lowest BCUT2D eigenvalue weighted by molar-refractivity contribution is 0.0563. The SMILES string of the molecule is COC(=O)c1ccc(CSc2nc(C)c(C)o2)o1. The minimum Gasteiger partial charge on any atom is -0.463 e. The highest BCUT2D eigenvalue weighted by Gasteiger charge is 2.12. The second-order valence-electron chi connectivity index (χ2n) is 3.67. The lowest BCUT2D eigenvalue weighted by Crippen LogP contribution is -1.98. The van der Waals surface area contributed by atoms with E-state index < -0.39 is 5.97 Å². The van der Waals surface area contributed by atoms with Crippen molar-refractivity contribution < 1.29 is 18.4 Å². The third kappa shape index (κ3) is 2.76. The third-order valence-electron chi connectivity index (χ3n) is 2.40. The van der Waals surface area contributed by atoms with Crippen LogP contribution in [-0.4, -0.2) is 18.1 Å². The number of ether oxygens (including phenoxy) is 1. The summed E-state index contributed by atoms with van der Waals surface area (Å²) in [5, 5.41) is 0.598. The van der Waals surface area contributed by atoms with Gasteiger partial charge >= 0.3 is 5.97 Å². The number of rotatable bonds is 4. The molecule has 96 valence electrons. The summed E-state index contributed by atoms with van der Waals surface area (Å²) in [6.07, 6.45) is 0. The van der Waals surface area contributed by atoms with Crippen LogP contribution in [0.25, 0.3) is 0 Å². The van der Waals surface area contributed by atoms with Crippen molar-refractivity contribution >= 4 is 17.7 Å². The molecular weight excluding hydrogens is 254 g/mol. The van der Waals surface area contributed by atoms with Crippen molar-refractivity contribution in [3.8, 4) is 0 Å². The standard InChI is InChI=1S/C12H13NO4S/c1-7-8(2)16-12(13-7)18-6-9-4-5-10(17-9)11(14)15-3/h4-5H,6H2,1-3H3. The van der Waals surface area contributed by atoms with Gasteiger partial charge in [-0.2, -0.15) is 0 Å². The van der Waals surface area contributed by atoms with Crippen molar-refractivity contribution in [1.82, 2.24) is 4.98 Å². The molecular formula is C12H13NO4S. The zero-order valence-electron chi connectivity index (χ0n) is 10.4. The Kier molecular flexibility index (Phi) is 3.76. The van der Waals surface area contributed by atoms with Gasteiger partial charge in [-0.05, 0) is 26.0 Å². The van der Waals surface area contributed by atoms with E-state index in [1.807, 2.05) is 13.8 Å². The number of esters is 1. The topological polar surface area (TPSA) is 65.5 Å². The second kappa shape index (κ2) is 5.30. The number of hydrogen-bond donors (Lipinski definition) is 0. The predicted molar refractivity (Wildman–Crippen MR) is 65.6 cm³/mol. The van der Waals surface area contributed by atoms with Crippen LogP contribution < -0.4 is 0 Å². The van der Waals surface area contributed by atoms with Crippen LogP contribution in [0.4, 0.5) is 0 Å². The Hall–Kier alpha value is -1.69. The number of methoxy groups -OCH3 is 1.